The molecule has 2 nitrogen and oxygen atoms in total. The Morgan fingerprint density at radius 3 is 2.65 bits per heavy atom. The van der Waals surface area contributed by atoms with Crippen molar-refractivity contribution >= 4 is 28.9 Å². The minimum absolute atomic E-state index is 0.123. The number of ether oxygens (including phenoxy) is 1. The second-order valence-electron chi connectivity index (χ2n) is 4.93. The molecule has 0 amide bonds. The highest BCUT2D eigenvalue weighted by atomic mass is 35.5. The molecular formula is C16H15Cl2NO. The van der Waals surface area contributed by atoms with E-state index in [1.165, 1.54) is 11.1 Å². The molecular weight excluding hydrogens is 293 g/mol. The molecule has 20 heavy (non-hydrogen) atoms. The van der Waals surface area contributed by atoms with Crippen molar-refractivity contribution in [1.29, 1.82) is 0 Å². The Morgan fingerprint density at radius 1 is 1.15 bits per heavy atom. The lowest BCUT2D eigenvalue weighted by Gasteiger charge is -2.18. The van der Waals surface area contributed by atoms with E-state index in [-0.39, 0.29) is 6.04 Å². The molecule has 1 aliphatic heterocycles. The van der Waals surface area contributed by atoms with Gasteiger partial charge in [-0.25, -0.2) is 0 Å². The number of hydrogen-bond donors (Lipinski definition) is 1. The smallest absolute Gasteiger partial charge is 0.122 e. The van der Waals surface area contributed by atoms with Gasteiger partial charge in [0.2, 0.25) is 0 Å². The number of fused-ring (bicyclic) bond motifs is 1. The van der Waals surface area contributed by atoms with Gasteiger partial charge in [-0.05, 0) is 42.3 Å². The fourth-order valence-electron chi connectivity index (χ4n) is 2.41. The maximum Gasteiger partial charge on any atom is 0.122 e. The van der Waals surface area contributed by atoms with Gasteiger partial charge in [-0.1, -0.05) is 35.3 Å². The summed E-state index contributed by atoms with van der Waals surface area (Å²) in [6.45, 7) is 2.87. The summed E-state index contributed by atoms with van der Waals surface area (Å²) in [5.41, 5.74) is 3.24. The van der Waals surface area contributed by atoms with E-state index in [4.69, 9.17) is 27.9 Å². The third-order valence-corrected chi connectivity index (χ3v) is 4.17. The molecule has 1 heterocycles. The molecule has 0 spiro atoms. The summed E-state index contributed by atoms with van der Waals surface area (Å²) in [7, 11) is 0. The van der Waals surface area contributed by atoms with E-state index in [1.54, 1.807) is 0 Å². The van der Waals surface area contributed by atoms with Crippen LogP contribution in [0.5, 0.6) is 5.75 Å². The first-order chi connectivity index (χ1) is 9.65. The van der Waals surface area contributed by atoms with Gasteiger partial charge in [0.1, 0.15) is 5.75 Å². The predicted molar refractivity (Wildman–Crippen MR) is 84.1 cm³/mol. The maximum atomic E-state index is 6.19. The first kappa shape index (κ1) is 13.6. The topological polar surface area (TPSA) is 21.3 Å². The van der Waals surface area contributed by atoms with Gasteiger partial charge in [0.25, 0.3) is 0 Å². The zero-order valence-electron chi connectivity index (χ0n) is 11.1. The van der Waals surface area contributed by atoms with Crippen LogP contribution in [0.4, 0.5) is 5.69 Å². The van der Waals surface area contributed by atoms with Crippen molar-refractivity contribution in [1.82, 2.24) is 0 Å². The Labute approximate surface area is 128 Å². The van der Waals surface area contributed by atoms with Gasteiger partial charge in [-0.3, -0.25) is 0 Å². The molecule has 0 aliphatic carbocycles. The first-order valence-electron chi connectivity index (χ1n) is 6.61. The monoisotopic (exact) mass is 307 g/mol. The Bertz CT molecular complexity index is 622. The molecule has 4 heteroatoms. The lowest BCUT2D eigenvalue weighted by Crippen LogP contribution is -2.07. The Morgan fingerprint density at radius 2 is 1.90 bits per heavy atom. The number of halogens is 2. The third-order valence-electron chi connectivity index (χ3n) is 3.54. The maximum absolute atomic E-state index is 6.19. The minimum Gasteiger partial charge on any atom is -0.493 e. The van der Waals surface area contributed by atoms with Crippen molar-refractivity contribution in [2.24, 2.45) is 0 Å². The number of benzene rings is 2. The number of hydrogen-bond acceptors (Lipinski definition) is 2. The van der Waals surface area contributed by atoms with Gasteiger partial charge >= 0.3 is 0 Å². The SMILES string of the molecule is CC(Nc1c(Cl)cccc1Cl)c1ccc2c(c1)CCO2. The van der Waals surface area contributed by atoms with Gasteiger partial charge in [0.05, 0.1) is 22.3 Å². The lowest BCUT2D eigenvalue weighted by atomic mass is 10.0. The average molecular weight is 308 g/mol. The highest BCUT2D eigenvalue weighted by Gasteiger charge is 2.15. The van der Waals surface area contributed by atoms with Crippen molar-refractivity contribution in [2.45, 2.75) is 19.4 Å². The molecule has 2 aromatic rings. The molecule has 1 N–H and O–H groups in total. The van der Waals surface area contributed by atoms with E-state index in [0.717, 1.165) is 24.5 Å². The van der Waals surface area contributed by atoms with Gasteiger partial charge in [-0.2, -0.15) is 0 Å². The zero-order valence-corrected chi connectivity index (χ0v) is 12.6. The van der Waals surface area contributed by atoms with E-state index in [0.29, 0.717) is 10.0 Å². The fourth-order valence-corrected chi connectivity index (χ4v) is 2.92. The minimum atomic E-state index is 0.123. The Hall–Kier alpha value is -1.38. The number of anilines is 1. The number of rotatable bonds is 3. The largest absolute Gasteiger partial charge is 0.493 e. The van der Waals surface area contributed by atoms with Crippen LogP contribution < -0.4 is 10.1 Å². The van der Waals surface area contributed by atoms with Crippen molar-refractivity contribution in [3.05, 3.63) is 57.6 Å². The third kappa shape index (κ3) is 2.58. The predicted octanol–water partition coefficient (Wildman–Crippen LogP) is 5.10. The molecule has 1 atom stereocenters. The van der Waals surface area contributed by atoms with Crippen LogP contribution in [0.2, 0.25) is 10.0 Å². The highest BCUT2D eigenvalue weighted by molar-refractivity contribution is 6.39. The number of para-hydroxylation sites is 1. The van der Waals surface area contributed by atoms with E-state index in [9.17, 15) is 0 Å². The first-order valence-corrected chi connectivity index (χ1v) is 7.37. The van der Waals surface area contributed by atoms with Gasteiger partial charge in [0, 0.05) is 12.5 Å². The molecule has 0 saturated heterocycles. The van der Waals surface area contributed by atoms with Gasteiger partial charge in [-0.15, -0.1) is 0 Å². The Balaban J connectivity index is 1.84. The molecule has 104 valence electrons. The summed E-state index contributed by atoms with van der Waals surface area (Å²) in [5, 5.41) is 4.65. The molecule has 3 rings (SSSR count). The highest BCUT2D eigenvalue weighted by Crippen LogP contribution is 2.34. The summed E-state index contributed by atoms with van der Waals surface area (Å²) < 4.78 is 5.53. The second-order valence-corrected chi connectivity index (χ2v) is 5.74. The Kier molecular flexibility index (Phi) is 3.77. The van der Waals surface area contributed by atoms with Gasteiger partial charge < -0.3 is 10.1 Å². The summed E-state index contributed by atoms with van der Waals surface area (Å²) >= 11 is 12.4. The number of nitrogens with one attached hydrogen (secondary N) is 1. The van der Waals surface area contributed by atoms with E-state index in [1.807, 2.05) is 24.3 Å². The molecule has 0 bridgehead atoms. The van der Waals surface area contributed by atoms with Crippen LogP contribution in [0, 0.1) is 0 Å². The van der Waals surface area contributed by atoms with Crippen molar-refractivity contribution < 1.29 is 4.74 Å². The fraction of sp³-hybridized carbons (Fsp3) is 0.250. The molecule has 0 fully saturated rings. The van der Waals surface area contributed by atoms with Crippen LogP contribution in [0.25, 0.3) is 0 Å². The van der Waals surface area contributed by atoms with E-state index < -0.39 is 0 Å². The van der Waals surface area contributed by atoms with Crippen molar-refractivity contribution in [3.8, 4) is 5.75 Å². The van der Waals surface area contributed by atoms with Crippen LogP contribution in [-0.4, -0.2) is 6.61 Å². The van der Waals surface area contributed by atoms with Crippen LogP contribution >= 0.6 is 23.2 Å². The van der Waals surface area contributed by atoms with Crippen LogP contribution in [0.3, 0.4) is 0 Å². The summed E-state index contributed by atoms with van der Waals surface area (Å²) in [4.78, 5) is 0. The van der Waals surface area contributed by atoms with Crippen molar-refractivity contribution in [3.63, 3.8) is 0 Å². The molecule has 0 radical (unpaired) electrons. The van der Waals surface area contributed by atoms with E-state index in [2.05, 4.69) is 24.4 Å². The molecule has 0 saturated carbocycles. The van der Waals surface area contributed by atoms with Crippen LogP contribution in [0.15, 0.2) is 36.4 Å². The van der Waals surface area contributed by atoms with E-state index >= 15 is 0 Å². The average Bonchev–Trinajstić information content (AvgIpc) is 2.90. The molecule has 0 aromatic heterocycles. The lowest BCUT2D eigenvalue weighted by molar-refractivity contribution is 0.357. The van der Waals surface area contributed by atoms with Crippen molar-refractivity contribution in [2.75, 3.05) is 11.9 Å². The molecule has 1 unspecified atom stereocenters. The zero-order chi connectivity index (χ0) is 14.1. The second kappa shape index (κ2) is 5.55. The summed E-state index contributed by atoms with van der Waals surface area (Å²) in [6, 6.07) is 11.9. The molecule has 2 aromatic carbocycles. The normalized spacial score (nSPS) is 14.6. The quantitative estimate of drug-likeness (QED) is 0.851. The van der Waals surface area contributed by atoms with Crippen LogP contribution in [-0.2, 0) is 6.42 Å². The molecule has 1 aliphatic rings. The summed E-state index contributed by atoms with van der Waals surface area (Å²) in [5.74, 6) is 0.997. The summed E-state index contributed by atoms with van der Waals surface area (Å²) in [6.07, 6.45) is 0.975. The van der Waals surface area contributed by atoms with Gasteiger partial charge in [0.15, 0.2) is 0 Å². The van der Waals surface area contributed by atoms with Crippen LogP contribution in [0.1, 0.15) is 24.1 Å². The standard InChI is InChI=1S/C16H15Cl2NO/c1-10(19-16-13(17)3-2-4-14(16)18)11-5-6-15-12(9-11)7-8-20-15/h2-6,9-10,19H,7-8H2,1H3.